The highest BCUT2D eigenvalue weighted by Gasteiger charge is 2.25. The molecule has 0 aromatic rings. The highest BCUT2D eigenvalue weighted by Crippen LogP contribution is 2.15. The lowest BCUT2D eigenvalue weighted by Crippen LogP contribution is -2.36. The maximum atomic E-state index is 5.80. The summed E-state index contributed by atoms with van der Waals surface area (Å²) < 4.78 is 5.63. The summed E-state index contributed by atoms with van der Waals surface area (Å²) in [7, 11) is -1.46. The maximum Gasteiger partial charge on any atom is 0.204 e. The van der Waals surface area contributed by atoms with Crippen molar-refractivity contribution in [3.05, 3.63) is 0 Å². The maximum absolute atomic E-state index is 5.80. The molecular weight excluding hydrogens is 164 g/mol. The van der Waals surface area contributed by atoms with Crippen LogP contribution in [0.3, 0.4) is 0 Å². The number of alkyl halides is 1. The van der Waals surface area contributed by atoms with Crippen molar-refractivity contribution in [1.82, 2.24) is 0 Å². The van der Waals surface area contributed by atoms with Crippen molar-refractivity contribution < 1.29 is 4.43 Å². The van der Waals surface area contributed by atoms with Crippen LogP contribution in [0.2, 0.25) is 12.6 Å². The predicted octanol–water partition coefficient (Wildman–Crippen LogP) is 2.79. The summed E-state index contributed by atoms with van der Waals surface area (Å²) in [6, 6.07) is 1.18. The first-order chi connectivity index (χ1) is 4.68. The van der Waals surface area contributed by atoms with E-state index in [-0.39, 0.29) is 0 Å². The van der Waals surface area contributed by atoms with Crippen LogP contribution in [0, 0.1) is 0 Å². The average molecular weight is 181 g/mol. The fourth-order valence-electron chi connectivity index (χ4n) is 1.05. The third-order valence-corrected chi connectivity index (χ3v) is 6.36. The van der Waals surface area contributed by atoms with E-state index in [9.17, 15) is 0 Å². The Kier molecular flexibility index (Phi) is 5.40. The summed E-state index contributed by atoms with van der Waals surface area (Å²) >= 11 is 5.80. The standard InChI is InChI=1S/C7H17ClOSi/c1-4-6-10(3,7-8)9-5-2/h4-7H2,1-3H3. The monoisotopic (exact) mass is 180 g/mol. The van der Waals surface area contributed by atoms with E-state index in [4.69, 9.17) is 16.0 Å². The van der Waals surface area contributed by atoms with Gasteiger partial charge >= 0.3 is 0 Å². The molecule has 10 heavy (non-hydrogen) atoms. The first-order valence-electron chi connectivity index (χ1n) is 3.88. The molecule has 0 aliphatic rings. The molecule has 0 radical (unpaired) electrons. The van der Waals surface area contributed by atoms with Gasteiger partial charge in [-0.05, 0) is 19.5 Å². The molecule has 0 saturated heterocycles. The zero-order valence-corrected chi connectivity index (χ0v) is 8.87. The molecule has 0 aromatic heterocycles. The van der Waals surface area contributed by atoms with Crippen LogP contribution in [0.25, 0.3) is 0 Å². The van der Waals surface area contributed by atoms with Crippen LogP contribution in [-0.4, -0.2) is 20.4 Å². The molecule has 0 aliphatic carbocycles. The fraction of sp³-hybridized carbons (Fsp3) is 1.00. The summed E-state index contributed by atoms with van der Waals surface area (Å²) in [5.41, 5.74) is 0.731. The van der Waals surface area contributed by atoms with Crippen LogP contribution in [-0.2, 0) is 4.43 Å². The molecule has 0 aliphatic heterocycles. The van der Waals surface area contributed by atoms with Gasteiger partial charge in [0.2, 0.25) is 8.32 Å². The SMILES string of the molecule is CCC[Si](C)(CCl)OCC. The van der Waals surface area contributed by atoms with Gasteiger partial charge in [0, 0.05) is 12.1 Å². The van der Waals surface area contributed by atoms with E-state index in [1.807, 2.05) is 6.92 Å². The van der Waals surface area contributed by atoms with Gasteiger partial charge in [-0.25, -0.2) is 0 Å². The van der Waals surface area contributed by atoms with Crippen LogP contribution in [0.15, 0.2) is 0 Å². The number of halogens is 1. The summed E-state index contributed by atoms with van der Waals surface area (Å²) in [4.78, 5) is 0. The Labute approximate surface area is 69.9 Å². The van der Waals surface area contributed by atoms with E-state index in [0.717, 1.165) is 12.1 Å². The fourth-order valence-corrected chi connectivity index (χ4v) is 3.80. The molecule has 0 rings (SSSR count). The number of hydrogen-bond acceptors (Lipinski definition) is 1. The molecule has 3 heteroatoms. The highest BCUT2D eigenvalue weighted by molar-refractivity contribution is 6.78. The molecule has 0 fully saturated rings. The Bertz CT molecular complexity index is 81.7. The van der Waals surface area contributed by atoms with Crippen LogP contribution in [0.5, 0.6) is 0 Å². The van der Waals surface area contributed by atoms with Crippen LogP contribution in [0.4, 0.5) is 0 Å². The number of rotatable bonds is 5. The predicted molar refractivity (Wildman–Crippen MR) is 49.1 cm³/mol. The molecule has 0 bridgehead atoms. The van der Waals surface area contributed by atoms with Crippen LogP contribution in [0.1, 0.15) is 20.3 Å². The molecule has 1 unspecified atom stereocenters. The lowest BCUT2D eigenvalue weighted by Gasteiger charge is -2.23. The molecule has 0 N–H and O–H groups in total. The average Bonchev–Trinajstić information content (AvgIpc) is 1.89. The second-order valence-electron chi connectivity index (χ2n) is 2.77. The van der Waals surface area contributed by atoms with Gasteiger partial charge in [0.15, 0.2) is 0 Å². The third-order valence-electron chi connectivity index (χ3n) is 1.55. The van der Waals surface area contributed by atoms with Crippen molar-refractivity contribution in [2.45, 2.75) is 32.9 Å². The second-order valence-corrected chi connectivity index (χ2v) is 7.52. The Morgan fingerprint density at radius 3 is 2.30 bits per heavy atom. The van der Waals surface area contributed by atoms with Crippen molar-refractivity contribution >= 4 is 19.9 Å². The highest BCUT2D eigenvalue weighted by atomic mass is 35.5. The molecule has 1 nitrogen and oxygen atoms in total. The van der Waals surface area contributed by atoms with Crippen molar-refractivity contribution in [3.63, 3.8) is 0 Å². The number of hydrogen-bond donors (Lipinski definition) is 0. The van der Waals surface area contributed by atoms with E-state index >= 15 is 0 Å². The summed E-state index contributed by atoms with van der Waals surface area (Å²) in [6.07, 6.45) is 1.19. The third kappa shape index (κ3) is 3.59. The minimum Gasteiger partial charge on any atom is -0.416 e. The van der Waals surface area contributed by atoms with Crippen molar-refractivity contribution in [1.29, 1.82) is 0 Å². The van der Waals surface area contributed by atoms with Gasteiger partial charge in [-0.3, -0.25) is 0 Å². The Morgan fingerprint density at radius 1 is 1.40 bits per heavy atom. The van der Waals surface area contributed by atoms with Gasteiger partial charge in [-0.15, -0.1) is 11.6 Å². The molecule has 0 amide bonds. The Morgan fingerprint density at radius 2 is 2.00 bits per heavy atom. The molecule has 0 saturated carbocycles. The van der Waals surface area contributed by atoms with Crippen LogP contribution >= 0.6 is 11.6 Å². The van der Waals surface area contributed by atoms with Crippen LogP contribution < -0.4 is 0 Å². The normalized spacial score (nSPS) is 16.8. The zero-order valence-electron chi connectivity index (χ0n) is 7.11. The smallest absolute Gasteiger partial charge is 0.204 e. The van der Waals surface area contributed by atoms with E-state index in [2.05, 4.69) is 13.5 Å². The van der Waals surface area contributed by atoms with Gasteiger partial charge in [-0.1, -0.05) is 13.3 Å². The lowest BCUT2D eigenvalue weighted by atomic mass is 10.6. The van der Waals surface area contributed by atoms with E-state index < -0.39 is 8.32 Å². The Balaban J connectivity index is 3.69. The lowest BCUT2D eigenvalue weighted by molar-refractivity contribution is 0.327. The summed E-state index contributed by atoms with van der Waals surface area (Å²) in [5.74, 6) is 0. The minimum atomic E-state index is -1.46. The van der Waals surface area contributed by atoms with Gasteiger partial charge in [-0.2, -0.15) is 0 Å². The first kappa shape index (κ1) is 10.5. The van der Waals surface area contributed by atoms with E-state index in [0.29, 0.717) is 0 Å². The largest absolute Gasteiger partial charge is 0.416 e. The molecule has 0 spiro atoms. The molecule has 0 heterocycles. The zero-order chi connectivity index (χ0) is 8.04. The topological polar surface area (TPSA) is 9.23 Å². The van der Waals surface area contributed by atoms with E-state index in [1.54, 1.807) is 0 Å². The van der Waals surface area contributed by atoms with Gasteiger partial charge in [0.1, 0.15) is 0 Å². The van der Waals surface area contributed by atoms with Gasteiger partial charge < -0.3 is 4.43 Å². The minimum absolute atomic E-state index is 0.731. The van der Waals surface area contributed by atoms with E-state index in [1.165, 1.54) is 12.5 Å². The van der Waals surface area contributed by atoms with Crippen molar-refractivity contribution in [3.8, 4) is 0 Å². The van der Waals surface area contributed by atoms with Gasteiger partial charge in [0.05, 0.1) is 0 Å². The molecular formula is C7H17ClOSi. The molecule has 0 aromatic carbocycles. The summed E-state index contributed by atoms with van der Waals surface area (Å²) in [5, 5.41) is 0. The Hall–Kier alpha value is 0.467. The molecule has 1 atom stereocenters. The van der Waals surface area contributed by atoms with Crippen molar-refractivity contribution in [2.75, 3.05) is 12.1 Å². The summed E-state index contributed by atoms with van der Waals surface area (Å²) in [6.45, 7) is 7.23. The second kappa shape index (κ2) is 5.16. The quantitative estimate of drug-likeness (QED) is 0.467. The van der Waals surface area contributed by atoms with Crippen molar-refractivity contribution in [2.24, 2.45) is 0 Å². The molecule has 62 valence electrons. The first-order valence-corrected chi connectivity index (χ1v) is 7.24. The van der Waals surface area contributed by atoms with Gasteiger partial charge in [0.25, 0.3) is 0 Å².